The van der Waals surface area contributed by atoms with E-state index < -0.39 is 0 Å². The zero-order valence-corrected chi connectivity index (χ0v) is 8.67. The maximum Gasteiger partial charge on any atom is 0.159 e. The van der Waals surface area contributed by atoms with Gasteiger partial charge in [0, 0.05) is 10.4 Å². The van der Waals surface area contributed by atoms with Gasteiger partial charge in [-0.2, -0.15) is 0 Å². The predicted octanol–water partition coefficient (Wildman–Crippen LogP) is 3.62. The normalized spacial score (nSPS) is 10.1. The van der Waals surface area contributed by atoms with Crippen molar-refractivity contribution in [3.8, 4) is 10.4 Å². The number of carbonyl (C=O) groups excluding carboxylic acids is 1. The summed E-state index contributed by atoms with van der Waals surface area (Å²) in [6, 6.07) is 11.8. The molecule has 1 aromatic carbocycles. The van der Waals surface area contributed by atoms with E-state index in [1.807, 2.05) is 35.7 Å². The van der Waals surface area contributed by atoms with Crippen LogP contribution >= 0.6 is 11.3 Å². The highest BCUT2D eigenvalue weighted by molar-refractivity contribution is 7.13. The van der Waals surface area contributed by atoms with Crippen molar-refractivity contribution in [3.05, 3.63) is 47.3 Å². The molecule has 0 saturated carbocycles. The zero-order chi connectivity index (χ0) is 9.97. The SMILES string of the molecule is CC(=O)c1cccc(-c2cccs2)c1. The molecule has 2 rings (SSSR count). The van der Waals surface area contributed by atoms with Gasteiger partial charge in [-0.1, -0.05) is 24.3 Å². The molecule has 0 saturated heterocycles. The molecule has 0 atom stereocenters. The first-order chi connectivity index (χ1) is 6.77. The molecule has 0 N–H and O–H groups in total. The highest BCUT2D eigenvalue weighted by Gasteiger charge is 2.02. The van der Waals surface area contributed by atoms with E-state index in [9.17, 15) is 4.79 Å². The summed E-state index contributed by atoms with van der Waals surface area (Å²) in [5.74, 6) is 0.114. The molecule has 0 amide bonds. The van der Waals surface area contributed by atoms with E-state index in [1.165, 1.54) is 4.88 Å². The first kappa shape index (κ1) is 9.16. The summed E-state index contributed by atoms with van der Waals surface area (Å²) in [4.78, 5) is 12.4. The molecule has 0 aliphatic carbocycles. The number of Topliss-reactive ketones (excluding diaryl/α,β-unsaturated/α-hetero) is 1. The number of carbonyl (C=O) groups is 1. The number of hydrogen-bond donors (Lipinski definition) is 0. The second-order valence-corrected chi connectivity index (χ2v) is 4.06. The van der Waals surface area contributed by atoms with E-state index in [1.54, 1.807) is 18.3 Å². The van der Waals surface area contributed by atoms with Crippen molar-refractivity contribution in [1.82, 2.24) is 0 Å². The van der Waals surface area contributed by atoms with Crippen LogP contribution in [-0.4, -0.2) is 5.78 Å². The van der Waals surface area contributed by atoms with Gasteiger partial charge in [0.1, 0.15) is 0 Å². The Balaban J connectivity index is 2.46. The van der Waals surface area contributed by atoms with Crippen LogP contribution in [0.1, 0.15) is 17.3 Å². The molecule has 70 valence electrons. The Labute approximate surface area is 87.0 Å². The lowest BCUT2D eigenvalue weighted by atomic mass is 10.1. The fourth-order valence-electron chi connectivity index (χ4n) is 1.33. The van der Waals surface area contributed by atoms with E-state index in [4.69, 9.17) is 0 Å². The first-order valence-electron chi connectivity index (χ1n) is 4.42. The largest absolute Gasteiger partial charge is 0.295 e. The maximum atomic E-state index is 11.2. The molecular formula is C12H10OS. The van der Waals surface area contributed by atoms with Crippen LogP contribution < -0.4 is 0 Å². The molecule has 0 spiro atoms. The third kappa shape index (κ3) is 1.75. The van der Waals surface area contributed by atoms with Crippen LogP contribution in [0, 0.1) is 0 Å². The summed E-state index contributed by atoms with van der Waals surface area (Å²) < 4.78 is 0. The maximum absolute atomic E-state index is 11.2. The van der Waals surface area contributed by atoms with Crippen LogP contribution in [0.5, 0.6) is 0 Å². The van der Waals surface area contributed by atoms with Gasteiger partial charge in [0.15, 0.2) is 5.78 Å². The van der Waals surface area contributed by atoms with Crippen molar-refractivity contribution in [1.29, 1.82) is 0 Å². The van der Waals surface area contributed by atoms with Crippen molar-refractivity contribution in [2.75, 3.05) is 0 Å². The van der Waals surface area contributed by atoms with Crippen LogP contribution in [0.25, 0.3) is 10.4 Å². The van der Waals surface area contributed by atoms with Crippen LogP contribution in [0.3, 0.4) is 0 Å². The molecule has 1 nitrogen and oxygen atoms in total. The molecule has 0 fully saturated rings. The van der Waals surface area contributed by atoms with Gasteiger partial charge < -0.3 is 0 Å². The smallest absolute Gasteiger partial charge is 0.159 e. The van der Waals surface area contributed by atoms with Crippen molar-refractivity contribution in [2.45, 2.75) is 6.92 Å². The number of ketones is 1. The second kappa shape index (κ2) is 3.76. The fourth-order valence-corrected chi connectivity index (χ4v) is 2.06. The standard InChI is InChI=1S/C12H10OS/c1-9(13)10-4-2-5-11(8-10)12-6-3-7-14-12/h2-8H,1H3. The van der Waals surface area contributed by atoms with Crippen LogP contribution in [0.2, 0.25) is 0 Å². The predicted molar refractivity (Wildman–Crippen MR) is 59.8 cm³/mol. The third-order valence-electron chi connectivity index (χ3n) is 2.07. The number of thiophene rings is 1. The second-order valence-electron chi connectivity index (χ2n) is 3.11. The lowest BCUT2D eigenvalue weighted by Crippen LogP contribution is -1.90. The summed E-state index contributed by atoms with van der Waals surface area (Å²) in [7, 11) is 0. The summed E-state index contributed by atoms with van der Waals surface area (Å²) in [5, 5.41) is 2.04. The van der Waals surface area contributed by atoms with Gasteiger partial charge in [-0.05, 0) is 30.0 Å². The molecule has 2 heteroatoms. The molecule has 0 radical (unpaired) electrons. The van der Waals surface area contributed by atoms with E-state index in [0.717, 1.165) is 11.1 Å². The monoisotopic (exact) mass is 202 g/mol. The summed E-state index contributed by atoms with van der Waals surface area (Å²) in [6.45, 7) is 1.59. The van der Waals surface area contributed by atoms with E-state index >= 15 is 0 Å². The van der Waals surface area contributed by atoms with Crippen molar-refractivity contribution >= 4 is 17.1 Å². The van der Waals surface area contributed by atoms with Gasteiger partial charge in [0.05, 0.1) is 0 Å². The molecule has 1 aromatic heterocycles. The zero-order valence-electron chi connectivity index (χ0n) is 7.86. The molecule has 0 bridgehead atoms. The number of rotatable bonds is 2. The Morgan fingerprint density at radius 1 is 1.21 bits per heavy atom. The van der Waals surface area contributed by atoms with Gasteiger partial charge in [0.25, 0.3) is 0 Å². The van der Waals surface area contributed by atoms with E-state index in [0.29, 0.717) is 0 Å². The van der Waals surface area contributed by atoms with Crippen molar-refractivity contribution in [2.24, 2.45) is 0 Å². The fraction of sp³-hybridized carbons (Fsp3) is 0.0833. The number of benzene rings is 1. The Morgan fingerprint density at radius 2 is 2.07 bits per heavy atom. The Kier molecular flexibility index (Phi) is 2.46. The molecule has 1 heterocycles. The summed E-state index contributed by atoms with van der Waals surface area (Å²) in [6.07, 6.45) is 0. The molecular weight excluding hydrogens is 192 g/mol. The molecule has 0 unspecified atom stereocenters. The van der Waals surface area contributed by atoms with Crippen LogP contribution in [-0.2, 0) is 0 Å². The molecule has 2 aromatic rings. The number of hydrogen-bond acceptors (Lipinski definition) is 2. The third-order valence-corrected chi connectivity index (χ3v) is 2.99. The summed E-state index contributed by atoms with van der Waals surface area (Å²) in [5.41, 5.74) is 1.89. The molecule has 0 aliphatic rings. The minimum atomic E-state index is 0.114. The molecule has 14 heavy (non-hydrogen) atoms. The average molecular weight is 202 g/mol. The summed E-state index contributed by atoms with van der Waals surface area (Å²) >= 11 is 1.69. The van der Waals surface area contributed by atoms with Gasteiger partial charge >= 0.3 is 0 Å². The minimum Gasteiger partial charge on any atom is -0.295 e. The lowest BCUT2D eigenvalue weighted by molar-refractivity contribution is 0.101. The van der Waals surface area contributed by atoms with Gasteiger partial charge in [0.2, 0.25) is 0 Å². The van der Waals surface area contributed by atoms with Crippen LogP contribution in [0.15, 0.2) is 41.8 Å². The quantitative estimate of drug-likeness (QED) is 0.680. The van der Waals surface area contributed by atoms with E-state index in [2.05, 4.69) is 6.07 Å². The average Bonchev–Trinajstić information content (AvgIpc) is 2.71. The topological polar surface area (TPSA) is 17.1 Å². The lowest BCUT2D eigenvalue weighted by Gasteiger charge is -1.99. The van der Waals surface area contributed by atoms with Crippen molar-refractivity contribution < 1.29 is 4.79 Å². The Bertz CT molecular complexity index is 443. The highest BCUT2D eigenvalue weighted by Crippen LogP contribution is 2.25. The van der Waals surface area contributed by atoms with Crippen LogP contribution in [0.4, 0.5) is 0 Å². The van der Waals surface area contributed by atoms with Gasteiger partial charge in [-0.3, -0.25) is 4.79 Å². The van der Waals surface area contributed by atoms with Gasteiger partial charge in [-0.15, -0.1) is 11.3 Å². The van der Waals surface area contributed by atoms with E-state index in [-0.39, 0.29) is 5.78 Å². The Morgan fingerprint density at radius 3 is 2.71 bits per heavy atom. The van der Waals surface area contributed by atoms with Gasteiger partial charge in [-0.25, -0.2) is 0 Å². The first-order valence-corrected chi connectivity index (χ1v) is 5.30. The Hall–Kier alpha value is -1.41. The molecule has 0 aliphatic heterocycles. The van der Waals surface area contributed by atoms with Crippen molar-refractivity contribution in [3.63, 3.8) is 0 Å². The minimum absolute atomic E-state index is 0.114. The highest BCUT2D eigenvalue weighted by atomic mass is 32.1.